The van der Waals surface area contributed by atoms with E-state index in [1.807, 2.05) is 6.07 Å². The van der Waals surface area contributed by atoms with E-state index in [0.29, 0.717) is 27.6 Å². The number of fused-ring (bicyclic) bond motifs is 1. The van der Waals surface area contributed by atoms with Crippen LogP contribution in [0.5, 0.6) is 0 Å². The van der Waals surface area contributed by atoms with Crippen LogP contribution in [0.2, 0.25) is 0 Å². The van der Waals surface area contributed by atoms with Gasteiger partial charge in [0.25, 0.3) is 15.9 Å². The van der Waals surface area contributed by atoms with Gasteiger partial charge in [-0.25, -0.2) is 16.8 Å². The molecule has 5 rings (SSSR count). The largest absolute Gasteiger partial charge is 0.349 e. The summed E-state index contributed by atoms with van der Waals surface area (Å²) in [7, 11) is -3.73. The molecule has 7 heteroatoms. The molecule has 0 bridgehead atoms. The minimum Gasteiger partial charge on any atom is -0.349 e. The van der Waals surface area contributed by atoms with Crippen LogP contribution in [-0.4, -0.2) is 24.3 Å². The summed E-state index contributed by atoms with van der Waals surface area (Å²) >= 11 is 0. The first-order valence-corrected chi connectivity index (χ1v) is 11.8. The summed E-state index contributed by atoms with van der Waals surface area (Å²) in [6.45, 7) is 1.67. The lowest BCUT2D eigenvalue weighted by Gasteiger charge is -2.12. The molecule has 0 atom stereocenters. The summed E-state index contributed by atoms with van der Waals surface area (Å²) in [4.78, 5) is 12.7. The van der Waals surface area contributed by atoms with Gasteiger partial charge in [0.05, 0.1) is 10.4 Å². The lowest BCUT2D eigenvalue weighted by atomic mass is 9.96. The molecule has 5 nitrogen and oxygen atoms in total. The number of rotatable bonds is 5. The molecule has 1 fully saturated rings. The Labute approximate surface area is 185 Å². The minimum absolute atomic E-state index is 0.179. The molecule has 1 saturated carbocycles. The van der Waals surface area contributed by atoms with E-state index in [9.17, 15) is 17.6 Å². The summed E-state index contributed by atoms with van der Waals surface area (Å²) in [5, 5.41) is 3.59. The molecule has 0 spiro atoms. The van der Waals surface area contributed by atoms with Crippen LogP contribution in [0.1, 0.15) is 28.8 Å². The van der Waals surface area contributed by atoms with Crippen LogP contribution >= 0.6 is 0 Å². The van der Waals surface area contributed by atoms with Crippen LogP contribution in [-0.2, 0) is 10.0 Å². The van der Waals surface area contributed by atoms with Gasteiger partial charge in [0.2, 0.25) is 0 Å². The second-order valence-corrected chi connectivity index (χ2v) is 9.90. The number of nitrogens with one attached hydrogen (secondary N) is 1. The van der Waals surface area contributed by atoms with Crippen LogP contribution in [0, 0.1) is 12.7 Å². The topological polar surface area (TPSA) is 68.2 Å². The van der Waals surface area contributed by atoms with Crippen LogP contribution < -0.4 is 5.32 Å². The van der Waals surface area contributed by atoms with E-state index < -0.39 is 15.8 Å². The molecular weight excluding hydrogens is 427 g/mol. The average Bonchev–Trinajstić information content (AvgIpc) is 3.50. The first kappa shape index (κ1) is 20.5. The highest BCUT2D eigenvalue weighted by Gasteiger charge is 2.25. The van der Waals surface area contributed by atoms with E-state index in [1.165, 1.54) is 16.2 Å². The third-order valence-corrected chi connectivity index (χ3v) is 7.49. The van der Waals surface area contributed by atoms with Crippen molar-refractivity contribution in [2.45, 2.75) is 30.7 Å². The summed E-state index contributed by atoms with van der Waals surface area (Å²) in [6.07, 6.45) is 3.42. The quantitative estimate of drug-likeness (QED) is 0.473. The summed E-state index contributed by atoms with van der Waals surface area (Å²) in [5.74, 6) is -0.735. The normalized spacial score (nSPS) is 13.9. The number of amides is 1. The Morgan fingerprint density at radius 3 is 2.50 bits per heavy atom. The minimum atomic E-state index is -3.73. The number of carbonyl (C=O) groups is 1. The predicted octanol–water partition coefficient (Wildman–Crippen LogP) is 4.89. The smallest absolute Gasteiger partial charge is 0.268 e. The highest BCUT2D eigenvalue weighted by Crippen LogP contribution is 2.31. The van der Waals surface area contributed by atoms with E-state index in [2.05, 4.69) is 5.32 Å². The molecule has 1 amide bonds. The third-order valence-electron chi connectivity index (χ3n) is 5.78. The fraction of sp³-hybridized carbons (Fsp3) is 0.160. The second kappa shape index (κ2) is 7.60. The molecule has 0 radical (unpaired) electrons. The van der Waals surface area contributed by atoms with Crippen molar-refractivity contribution in [1.82, 2.24) is 9.29 Å². The Balaban J connectivity index is 1.57. The predicted molar refractivity (Wildman–Crippen MR) is 122 cm³/mol. The molecule has 4 aromatic rings. The van der Waals surface area contributed by atoms with Gasteiger partial charge in [-0.2, -0.15) is 0 Å². The van der Waals surface area contributed by atoms with E-state index >= 15 is 0 Å². The van der Waals surface area contributed by atoms with Gasteiger partial charge in [0.15, 0.2) is 0 Å². The van der Waals surface area contributed by atoms with Gasteiger partial charge in [-0.1, -0.05) is 24.3 Å². The summed E-state index contributed by atoms with van der Waals surface area (Å²) in [6, 6.07) is 18.4. The van der Waals surface area contributed by atoms with Gasteiger partial charge < -0.3 is 5.32 Å². The van der Waals surface area contributed by atoms with Crippen molar-refractivity contribution in [2.75, 3.05) is 0 Å². The first-order chi connectivity index (χ1) is 15.3. The molecule has 1 aliphatic carbocycles. The number of carbonyl (C=O) groups excluding carboxylic acids is 1. The number of halogens is 1. The van der Waals surface area contributed by atoms with E-state index in [1.54, 1.807) is 61.5 Å². The van der Waals surface area contributed by atoms with Crippen molar-refractivity contribution < 1.29 is 17.6 Å². The maximum absolute atomic E-state index is 14.6. The molecule has 0 saturated heterocycles. The fourth-order valence-corrected chi connectivity index (χ4v) is 5.18. The maximum Gasteiger partial charge on any atom is 0.268 e. The van der Waals surface area contributed by atoms with Crippen molar-refractivity contribution in [2.24, 2.45) is 0 Å². The SMILES string of the molecule is Cc1c(F)cc(C(=O)NC2CC2)cc1-c1ccc2c(ccn2S(=O)(=O)c2ccccc2)c1. The molecule has 3 aromatic carbocycles. The Morgan fingerprint density at radius 2 is 1.78 bits per heavy atom. The summed E-state index contributed by atoms with van der Waals surface area (Å²) < 4.78 is 42.0. The monoisotopic (exact) mass is 448 g/mol. The Morgan fingerprint density at radius 1 is 1.03 bits per heavy atom. The zero-order valence-corrected chi connectivity index (χ0v) is 18.2. The van der Waals surface area contributed by atoms with E-state index in [0.717, 1.165) is 12.8 Å². The van der Waals surface area contributed by atoms with Crippen molar-refractivity contribution >= 4 is 26.8 Å². The van der Waals surface area contributed by atoms with E-state index in [-0.39, 0.29) is 22.4 Å². The lowest BCUT2D eigenvalue weighted by molar-refractivity contribution is 0.0950. The Bertz CT molecular complexity index is 1460. The molecule has 162 valence electrons. The summed E-state index contributed by atoms with van der Waals surface area (Å²) in [5.41, 5.74) is 2.55. The molecule has 1 heterocycles. The number of benzene rings is 3. The molecule has 0 aliphatic heterocycles. The van der Waals surface area contributed by atoms with Gasteiger partial charge in [-0.3, -0.25) is 4.79 Å². The zero-order valence-electron chi connectivity index (χ0n) is 17.4. The van der Waals surface area contributed by atoms with Crippen LogP contribution in [0.25, 0.3) is 22.0 Å². The van der Waals surface area contributed by atoms with Gasteiger partial charge in [0, 0.05) is 23.2 Å². The number of aromatic nitrogens is 1. The molecule has 0 unspecified atom stereocenters. The standard InChI is InChI=1S/C25H21FN2O3S/c1-16-22(14-19(15-23(16)26)25(29)27-20-8-9-20)17-7-10-24-18(13-17)11-12-28(24)32(30,31)21-5-3-2-4-6-21/h2-7,10-15,20H,8-9H2,1H3,(H,27,29). The highest BCUT2D eigenvalue weighted by molar-refractivity contribution is 7.90. The zero-order chi connectivity index (χ0) is 22.5. The molecule has 1 aromatic heterocycles. The Kier molecular flexibility index (Phi) is 4.86. The van der Waals surface area contributed by atoms with Crippen molar-refractivity contribution in [1.29, 1.82) is 0 Å². The highest BCUT2D eigenvalue weighted by atomic mass is 32.2. The van der Waals surface area contributed by atoms with Gasteiger partial charge in [-0.15, -0.1) is 0 Å². The molecule has 1 N–H and O–H groups in total. The fourth-order valence-electron chi connectivity index (χ4n) is 3.81. The van der Waals surface area contributed by atoms with Gasteiger partial charge >= 0.3 is 0 Å². The maximum atomic E-state index is 14.6. The number of nitrogens with zero attached hydrogens (tertiary/aromatic N) is 1. The van der Waals surface area contributed by atoms with Gasteiger partial charge in [0.1, 0.15) is 5.82 Å². The van der Waals surface area contributed by atoms with Crippen LogP contribution in [0.15, 0.2) is 77.8 Å². The number of hydrogen-bond acceptors (Lipinski definition) is 3. The van der Waals surface area contributed by atoms with Crippen molar-refractivity contribution in [3.63, 3.8) is 0 Å². The van der Waals surface area contributed by atoms with E-state index in [4.69, 9.17) is 0 Å². The van der Waals surface area contributed by atoms with Crippen LogP contribution in [0.4, 0.5) is 4.39 Å². The average molecular weight is 449 g/mol. The van der Waals surface area contributed by atoms with Crippen molar-refractivity contribution in [3.05, 3.63) is 89.9 Å². The Hall–Kier alpha value is -3.45. The molecule has 32 heavy (non-hydrogen) atoms. The molecule has 1 aliphatic rings. The lowest BCUT2D eigenvalue weighted by Crippen LogP contribution is -2.25. The van der Waals surface area contributed by atoms with Gasteiger partial charge in [-0.05, 0) is 78.9 Å². The number of hydrogen-bond donors (Lipinski definition) is 1. The first-order valence-electron chi connectivity index (χ1n) is 10.4. The second-order valence-electron chi connectivity index (χ2n) is 8.08. The van der Waals surface area contributed by atoms with Crippen LogP contribution in [0.3, 0.4) is 0 Å². The molecular formula is C25H21FN2O3S. The third kappa shape index (κ3) is 3.58. The van der Waals surface area contributed by atoms with Crippen molar-refractivity contribution in [3.8, 4) is 11.1 Å².